The summed E-state index contributed by atoms with van der Waals surface area (Å²) in [5, 5.41) is 0. The average Bonchev–Trinajstić information content (AvgIpc) is 2.41. The van der Waals surface area contributed by atoms with Crippen molar-refractivity contribution in [3.63, 3.8) is 0 Å². The molecule has 0 bridgehead atoms. The Bertz CT molecular complexity index is 578. The fraction of sp³-hybridized carbons (Fsp3) is 0.200. The van der Waals surface area contributed by atoms with Crippen LogP contribution in [0, 0.1) is 6.92 Å². The van der Waals surface area contributed by atoms with Crippen LogP contribution in [0.4, 0.5) is 5.69 Å². The molecular formula is C15H17N3S. The van der Waals surface area contributed by atoms with Crippen LogP contribution in [0.5, 0.6) is 0 Å². The number of pyridine rings is 1. The van der Waals surface area contributed by atoms with E-state index in [-0.39, 0.29) is 0 Å². The van der Waals surface area contributed by atoms with Gasteiger partial charge in [0.1, 0.15) is 10.7 Å². The summed E-state index contributed by atoms with van der Waals surface area (Å²) in [7, 11) is 2.01. The Morgan fingerprint density at radius 3 is 2.58 bits per heavy atom. The summed E-state index contributed by atoms with van der Waals surface area (Å²) >= 11 is 5.04. The van der Waals surface area contributed by atoms with E-state index >= 15 is 0 Å². The number of rotatable bonds is 4. The van der Waals surface area contributed by atoms with E-state index in [0.29, 0.717) is 10.7 Å². The van der Waals surface area contributed by atoms with E-state index in [4.69, 9.17) is 18.0 Å². The van der Waals surface area contributed by atoms with Gasteiger partial charge in [-0.15, -0.1) is 0 Å². The fourth-order valence-corrected chi connectivity index (χ4v) is 2.10. The zero-order valence-corrected chi connectivity index (χ0v) is 11.9. The first kappa shape index (κ1) is 13.5. The van der Waals surface area contributed by atoms with E-state index in [1.165, 1.54) is 11.1 Å². The highest BCUT2D eigenvalue weighted by Gasteiger charge is 2.10. The highest BCUT2D eigenvalue weighted by molar-refractivity contribution is 7.80. The molecule has 19 heavy (non-hydrogen) atoms. The van der Waals surface area contributed by atoms with Gasteiger partial charge in [0.05, 0.1) is 5.69 Å². The predicted octanol–water partition coefficient (Wildman–Crippen LogP) is 2.66. The predicted molar refractivity (Wildman–Crippen MR) is 83.4 cm³/mol. The quantitative estimate of drug-likeness (QED) is 0.868. The molecule has 0 amide bonds. The molecule has 2 rings (SSSR count). The van der Waals surface area contributed by atoms with Crippen LogP contribution in [0.15, 0.2) is 42.6 Å². The standard InChI is InChI=1S/C15H17N3S/c1-11-5-7-12(8-6-11)10-18(2)13-4-3-9-17-14(13)15(16)19/h3-9H,10H2,1-2H3,(H2,16,19). The SMILES string of the molecule is Cc1ccc(CN(C)c2cccnc2C(N)=S)cc1. The molecule has 1 aromatic carbocycles. The van der Waals surface area contributed by atoms with Crippen molar-refractivity contribution >= 4 is 22.9 Å². The first-order valence-corrected chi connectivity index (χ1v) is 6.50. The van der Waals surface area contributed by atoms with Crippen LogP contribution < -0.4 is 10.6 Å². The van der Waals surface area contributed by atoms with Gasteiger partial charge < -0.3 is 10.6 Å². The molecule has 4 heteroatoms. The normalized spacial score (nSPS) is 10.2. The van der Waals surface area contributed by atoms with Crippen molar-refractivity contribution in [3.8, 4) is 0 Å². The van der Waals surface area contributed by atoms with Gasteiger partial charge in [0.15, 0.2) is 0 Å². The second kappa shape index (κ2) is 5.80. The number of nitrogens with zero attached hydrogens (tertiary/aromatic N) is 2. The minimum Gasteiger partial charge on any atom is -0.388 e. The van der Waals surface area contributed by atoms with Gasteiger partial charge in [-0.3, -0.25) is 4.98 Å². The van der Waals surface area contributed by atoms with E-state index in [1.807, 2.05) is 19.2 Å². The molecule has 0 saturated heterocycles. The Morgan fingerprint density at radius 1 is 1.26 bits per heavy atom. The van der Waals surface area contributed by atoms with E-state index < -0.39 is 0 Å². The van der Waals surface area contributed by atoms with Gasteiger partial charge in [0, 0.05) is 19.8 Å². The summed E-state index contributed by atoms with van der Waals surface area (Å²) < 4.78 is 0. The maximum absolute atomic E-state index is 5.71. The topological polar surface area (TPSA) is 42.2 Å². The molecule has 0 fully saturated rings. The molecular weight excluding hydrogens is 254 g/mol. The van der Waals surface area contributed by atoms with Crippen LogP contribution in [0.2, 0.25) is 0 Å². The number of thiocarbonyl (C=S) groups is 1. The minimum absolute atomic E-state index is 0.325. The Kier molecular flexibility index (Phi) is 4.12. The molecule has 2 aromatic rings. The highest BCUT2D eigenvalue weighted by Crippen LogP contribution is 2.19. The molecule has 0 aliphatic heterocycles. The third kappa shape index (κ3) is 3.29. The van der Waals surface area contributed by atoms with E-state index in [1.54, 1.807) is 6.20 Å². The molecule has 0 aliphatic rings. The third-order valence-corrected chi connectivity index (χ3v) is 3.16. The molecule has 0 saturated carbocycles. The molecule has 3 nitrogen and oxygen atoms in total. The molecule has 2 N–H and O–H groups in total. The van der Waals surface area contributed by atoms with Gasteiger partial charge in [-0.1, -0.05) is 42.0 Å². The van der Waals surface area contributed by atoms with Crippen molar-refractivity contribution in [3.05, 3.63) is 59.4 Å². The van der Waals surface area contributed by atoms with Crippen molar-refractivity contribution in [2.45, 2.75) is 13.5 Å². The molecule has 98 valence electrons. The van der Waals surface area contributed by atoms with Crippen molar-refractivity contribution in [1.29, 1.82) is 0 Å². The molecule has 0 aliphatic carbocycles. The molecule has 1 heterocycles. The Morgan fingerprint density at radius 2 is 1.95 bits per heavy atom. The zero-order chi connectivity index (χ0) is 13.8. The monoisotopic (exact) mass is 271 g/mol. The van der Waals surface area contributed by atoms with Crippen molar-refractivity contribution in [1.82, 2.24) is 4.98 Å². The second-order valence-electron chi connectivity index (χ2n) is 4.58. The van der Waals surface area contributed by atoms with E-state index in [0.717, 1.165) is 12.2 Å². The summed E-state index contributed by atoms with van der Waals surface area (Å²) in [5.74, 6) is 0. The van der Waals surface area contributed by atoms with Crippen LogP contribution in [0.1, 0.15) is 16.8 Å². The summed E-state index contributed by atoms with van der Waals surface area (Å²) in [4.78, 5) is 6.68. The van der Waals surface area contributed by atoms with Crippen molar-refractivity contribution < 1.29 is 0 Å². The van der Waals surface area contributed by atoms with Gasteiger partial charge in [-0.25, -0.2) is 0 Å². The molecule has 0 unspecified atom stereocenters. The van der Waals surface area contributed by atoms with E-state index in [2.05, 4.69) is 41.1 Å². The first-order chi connectivity index (χ1) is 9.08. The maximum atomic E-state index is 5.71. The van der Waals surface area contributed by atoms with E-state index in [9.17, 15) is 0 Å². The summed E-state index contributed by atoms with van der Waals surface area (Å²) in [6.07, 6.45) is 1.71. The number of hydrogen-bond donors (Lipinski definition) is 1. The second-order valence-corrected chi connectivity index (χ2v) is 5.02. The fourth-order valence-electron chi connectivity index (χ4n) is 1.95. The first-order valence-electron chi connectivity index (χ1n) is 6.09. The van der Waals surface area contributed by atoms with Gasteiger partial charge in [-0.05, 0) is 24.6 Å². The Balaban J connectivity index is 2.22. The molecule has 0 radical (unpaired) electrons. The molecule has 0 spiro atoms. The van der Waals surface area contributed by atoms with Gasteiger partial charge >= 0.3 is 0 Å². The van der Waals surface area contributed by atoms with Gasteiger partial charge in [-0.2, -0.15) is 0 Å². The lowest BCUT2D eigenvalue weighted by Crippen LogP contribution is -2.22. The van der Waals surface area contributed by atoms with Crippen LogP contribution in [0.3, 0.4) is 0 Å². The van der Waals surface area contributed by atoms with Crippen LogP contribution in [-0.2, 0) is 6.54 Å². The average molecular weight is 271 g/mol. The zero-order valence-electron chi connectivity index (χ0n) is 11.1. The number of aryl methyl sites for hydroxylation is 1. The van der Waals surface area contributed by atoms with Crippen LogP contribution >= 0.6 is 12.2 Å². The number of benzene rings is 1. The molecule has 0 atom stereocenters. The van der Waals surface area contributed by atoms with Crippen molar-refractivity contribution in [2.24, 2.45) is 5.73 Å². The third-order valence-electron chi connectivity index (χ3n) is 2.97. The van der Waals surface area contributed by atoms with Gasteiger partial charge in [0.2, 0.25) is 0 Å². The number of nitrogens with two attached hydrogens (primary N) is 1. The Labute approximate surface area is 119 Å². The Hall–Kier alpha value is -1.94. The summed E-state index contributed by atoms with van der Waals surface area (Å²) in [6.45, 7) is 2.88. The maximum Gasteiger partial charge on any atom is 0.124 e. The molecule has 1 aromatic heterocycles. The van der Waals surface area contributed by atoms with Crippen LogP contribution in [0.25, 0.3) is 0 Å². The largest absolute Gasteiger partial charge is 0.388 e. The van der Waals surface area contributed by atoms with Gasteiger partial charge in [0.25, 0.3) is 0 Å². The summed E-state index contributed by atoms with van der Waals surface area (Å²) in [5.41, 5.74) is 9.84. The minimum atomic E-state index is 0.325. The lowest BCUT2D eigenvalue weighted by atomic mass is 10.1. The number of anilines is 1. The number of hydrogen-bond acceptors (Lipinski definition) is 3. The lowest BCUT2D eigenvalue weighted by molar-refractivity contribution is 0.915. The van der Waals surface area contributed by atoms with Crippen LogP contribution in [-0.4, -0.2) is 17.0 Å². The van der Waals surface area contributed by atoms with Crippen molar-refractivity contribution in [2.75, 3.05) is 11.9 Å². The summed E-state index contributed by atoms with van der Waals surface area (Å²) in [6, 6.07) is 12.4. The lowest BCUT2D eigenvalue weighted by Gasteiger charge is -2.21. The smallest absolute Gasteiger partial charge is 0.124 e. The number of aromatic nitrogens is 1. The highest BCUT2D eigenvalue weighted by atomic mass is 32.1.